The fourth-order valence-corrected chi connectivity index (χ4v) is 10.0. The van der Waals surface area contributed by atoms with Gasteiger partial charge in [-0.3, -0.25) is 0 Å². The van der Waals surface area contributed by atoms with Crippen molar-refractivity contribution < 1.29 is 0 Å². The second kappa shape index (κ2) is 12.6. The van der Waals surface area contributed by atoms with E-state index in [4.69, 9.17) is 15.0 Å². The summed E-state index contributed by atoms with van der Waals surface area (Å²) >= 11 is 3.62. The predicted molar refractivity (Wildman–Crippen MR) is 230 cm³/mol. The van der Waals surface area contributed by atoms with Crippen LogP contribution in [0.2, 0.25) is 0 Å². The molecule has 0 unspecified atom stereocenters. The highest BCUT2D eigenvalue weighted by molar-refractivity contribution is 7.26. The topological polar surface area (TPSA) is 38.7 Å². The number of hydrogen-bond acceptors (Lipinski definition) is 5. The van der Waals surface area contributed by atoms with Crippen molar-refractivity contribution in [3.8, 4) is 56.4 Å². The maximum Gasteiger partial charge on any atom is 0.164 e. The van der Waals surface area contributed by atoms with Crippen molar-refractivity contribution >= 4 is 73.8 Å². The summed E-state index contributed by atoms with van der Waals surface area (Å²) in [6, 6.07) is 62.7. The average molecular weight is 724 g/mol. The Balaban J connectivity index is 1.13. The molecule has 3 heterocycles. The summed E-state index contributed by atoms with van der Waals surface area (Å²) in [5.74, 6) is 1.97. The molecule has 0 fully saturated rings. The molecule has 3 aromatic heterocycles. The lowest BCUT2D eigenvalue weighted by molar-refractivity contribution is 1.08. The molecule has 5 heteroatoms. The van der Waals surface area contributed by atoms with Crippen LogP contribution in [-0.4, -0.2) is 15.0 Å². The van der Waals surface area contributed by atoms with Crippen LogP contribution in [0.3, 0.4) is 0 Å². The van der Waals surface area contributed by atoms with Crippen LogP contribution in [-0.2, 0) is 0 Å². The first kappa shape index (κ1) is 31.0. The van der Waals surface area contributed by atoms with Gasteiger partial charge in [-0.05, 0) is 69.4 Å². The Bertz CT molecular complexity index is 3210. The third-order valence-corrected chi connectivity index (χ3v) is 12.6. The highest BCUT2D eigenvalue weighted by Gasteiger charge is 2.19. The van der Waals surface area contributed by atoms with Crippen molar-refractivity contribution in [2.45, 2.75) is 0 Å². The monoisotopic (exact) mass is 723 g/mol. The molecule has 0 aliphatic heterocycles. The normalized spacial score (nSPS) is 11.7. The lowest BCUT2D eigenvalue weighted by Gasteiger charge is -2.12. The van der Waals surface area contributed by atoms with Crippen LogP contribution in [0.15, 0.2) is 176 Å². The molecule has 0 bridgehead atoms. The Hall–Kier alpha value is -6.53. The maximum atomic E-state index is 5.31. The van der Waals surface area contributed by atoms with Gasteiger partial charge in [0.2, 0.25) is 0 Å². The van der Waals surface area contributed by atoms with Gasteiger partial charge in [0.1, 0.15) is 0 Å². The zero-order valence-electron chi connectivity index (χ0n) is 28.9. The minimum absolute atomic E-state index is 0.647. The van der Waals surface area contributed by atoms with E-state index in [1.165, 1.54) is 67.8 Å². The summed E-state index contributed by atoms with van der Waals surface area (Å²) in [7, 11) is 0. The van der Waals surface area contributed by atoms with Gasteiger partial charge in [0, 0.05) is 57.0 Å². The van der Waals surface area contributed by atoms with Gasteiger partial charge in [0.15, 0.2) is 17.5 Å². The van der Waals surface area contributed by atoms with Gasteiger partial charge in [-0.2, -0.15) is 0 Å². The van der Waals surface area contributed by atoms with Crippen LogP contribution < -0.4 is 0 Å². The molecule has 0 atom stereocenters. The molecular formula is C49H29N3S2. The van der Waals surface area contributed by atoms with Crippen molar-refractivity contribution in [3.63, 3.8) is 0 Å². The molecule has 54 heavy (non-hydrogen) atoms. The summed E-state index contributed by atoms with van der Waals surface area (Å²) in [6.45, 7) is 0. The Labute approximate surface area is 319 Å². The van der Waals surface area contributed by atoms with Crippen molar-refractivity contribution in [3.05, 3.63) is 176 Å². The Morgan fingerprint density at radius 3 is 1.65 bits per heavy atom. The highest BCUT2D eigenvalue weighted by Crippen LogP contribution is 2.44. The third-order valence-electron chi connectivity index (χ3n) is 10.3. The summed E-state index contributed by atoms with van der Waals surface area (Å²) in [5, 5.41) is 7.39. The van der Waals surface area contributed by atoms with Crippen LogP contribution in [0.4, 0.5) is 0 Å². The van der Waals surface area contributed by atoms with Gasteiger partial charge < -0.3 is 0 Å². The Morgan fingerprint density at radius 2 is 0.870 bits per heavy atom. The number of fused-ring (bicyclic) bond motifs is 7. The van der Waals surface area contributed by atoms with E-state index in [-0.39, 0.29) is 0 Å². The fourth-order valence-electron chi connectivity index (χ4n) is 7.73. The molecule has 8 aromatic carbocycles. The molecule has 0 radical (unpaired) electrons. The number of aromatic nitrogens is 3. The molecular weight excluding hydrogens is 695 g/mol. The van der Waals surface area contributed by atoms with E-state index in [9.17, 15) is 0 Å². The van der Waals surface area contributed by atoms with E-state index in [0.29, 0.717) is 17.5 Å². The minimum atomic E-state index is 0.647. The molecule has 3 nitrogen and oxygen atoms in total. The number of hydrogen-bond donors (Lipinski definition) is 0. The zero-order chi connectivity index (χ0) is 35.6. The Morgan fingerprint density at radius 1 is 0.296 bits per heavy atom. The lowest BCUT2D eigenvalue weighted by Crippen LogP contribution is -2.00. The Kier molecular flexibility index (Phi) is 7.22. The van der Waals surface area contributed by atoms with Crippen molar-refractivity contribution in [2.75, 3.05) is 0 Å². The summed E-state index contributed by atoms with van der Waals surface area (Å²) in [5.41, 5.74) is 7.59. The third kappa shape index (κ3) is 5.20. The van der Waals surface area contributed by atoms with Gasteiger partial charge in [-0.1, -0.05) is 140 Å². The first-order valence-electron chi connectivity index (χ1n) is 18.0. The summed E-state index contributed by atoms with van der Waals surface area (Å²) in [4.78, 5) is 15.8. The van der Waals surface area contributed by atoms with Crippen LogP contribution in [0.5, 0.6) is 0 Å². The number of rotatable bonds is 5. The molecule has 11 rings (SSSR count). The van der Waals surface area contributed by atoms with Crippen LogP contribution in [0.1, 0.15) is 0 Å². The van der Waals surface area contributed by atoms with Gasteiger partial charge >= 0.3 is 0 Å². The largest absolute Gasteiger partial charge is 0.208 e. The molecule has 0 amide bonds. The minimum Gasteiger partial charge on any atom is -0.208 e. The van der Waals surface area contributed by atoms with Crippen LogP contribution >= 0.6 is 22.7 Å². The number of benzene rings is 8. The lowest BCUT2D eigenvalue weighted by atomic mass is 9.97. The van der Waals surface area contributed by atoms with Crippen LogP contribution in [0, 0.1) is 0 Å². The molecule has 252 valence electrons. The molecule has 0 saturated heterocycles. The first-order valence-corrected chi connectivity index (χ1v) is 19.6. The smallest absolute Gasteiger partial charge is 0.164 e. The standard InChI is InChI=1S/C49H29N3S2/c1-2-12-32(13-3-1)40-28-36(29-44-46(40)38-16-7-9-19-42(38)54-44)48-50-47(33-24-21-31(22-25-33)35-26-23-30-11-4-5-14-34(30)27-35)51-49(52-48)39-17-10-20-43-45(39)37-15-6-8-18-41(37)53-43/h1-29H. The van der Waals surface area contributed by atoms with Crippen molar-refractivity contribution in [1.29, 1.82) is 0 Å². The van der Waals surface area contributed by atoms with Gasteiger partial charge in [0.05, 0.1) is 0 Å². The second-order valence-electron chi connectivity index (χ2n) is 13.6. The molecule has 0 spiro atoms. The number of thiophene rings is 2. The fraction of sp³-hybridized carbons (Fsp3) is 0. The SMILES string of the molecule is c1ccc(-c2cc(-c3nc(-c4ccc(-c5ccc6ccccc6c5)cc4)nc(-c4cccc5sc6ccccc6c45)n3)cc3sc4ccccc4c23)cc1. The summed E-state index contributed by atoms with van der Waals surface area (Å²) < 4.78 is 4.94. The van der Waals surface area contributed by atoms with Gasteiger partial charge in [-0.15, -0.1) is 22.7 Å². The summed E-state index contributed by atoms with van der Waals surface area (Å²) in [6.07, 6.45) is 0. The van der Waals surface area contributed by atoms with Crippen molar-refractivity contribution in [2.24, 2.45) is 0 Å². The molecule has 0 N–H and O–H groups in total. The van der Waals surface area contributed by atoms with Crippen LogP contribution in [0.25, 0.3) is 108 Å². The van der Waals surface area contributed by atoms with E-state index in [1.807, 2.05) is 11.3 Å². The zero-order valence-corrected chi connectivity index (χ0v) is 30.5. The van der Waals surface area contributed by atoms with E-state index in [0.717, 1.165) is 22.3 Å². The molecule has 0 saturated carbocycles. The van der Waals surface area contributed by atoms with Gasteiger partial charge in [0.25, 0.3) is 0 Å². The van der Waals surface area contributed by atoms with E-state index in [1.54, 1.807) is 11.3 Å². The van der Waals surface area contributed by atoms with E-state index < -0.39 is 0 Å². The quantitative estimate of drug-likeness (QED) is 0.177. The van der Waals surface area contributed by atoms with E-state index in [2.05, 4.69) is 176 Å². The van der Waals surface area contributed by atoms with Crippen molar-refractivity contribution in [1.82, 2.24) is 15.0 Å². The second-order valence-corrected chi connectivity index (χ2v) is 15.8. The van der Waals surface area contributed by atoms with Gasteiger partial charge in [-0.25, -0.2) is 15.0 Å². The number of nitrogens with zero attached hydrogens (tertiary/aromatic N) is 3. The predicted octanol–water partition coefficient (Wildman–Crippen LogP) is 14.1. The molecule has 0 aliphatic carbocycles. The molecule has 0 aliphatic rings. The highest BCUT2D eigenvalue weighted by atomic mass is 32.1. The van der Waals surface area contributed by atoms with E-state index >= 15 is 0 Å². The average Bonchev–Trinajstić information content (AvgIpc) is 3.82. The molecule has 11 aromatic rings. The first-order chi connectivity index (χ1) is 26.7. The maximum absolute atomic E-state index is 5.31.